The molecular weight excluding hydrogens is 196 g/mol. The van der Waals surface area contributed by atoms with Gasteiger partial charge in [0.15, 0.2) is 0 Å². The Morgan fingerprint density at radius 2 is 2.00 bits per heavy atom. The van der Waals surface area contributed by atoms with Gasteiger partial charge in [0.2, 0.25) is 0 Å². The van der Waals surface area contributed by atoms with E-state index in [1.54, 1.807) is 11.9 Å². The first-order chi connectivity index (χ1) is 7.05. The molecule has 0 unspecified atom stereocenters. The second-order valence-corrected chi connectivity index (χ2v) is 4.51. The molecule has 0 bridgehead atoms. The average molecular weight is 212 g/mol. The molecule has 5 heteroatoms. The minimum absolute atomic E-state index is 0.250. The van der Waals surface area contributed by atoms with Crippen LogP contribution < -0.4 is 5.32 Å². The number of carboxylic acids is 1. The van der Waals surface area contributed by atoms with Crippen LogP contribution in [-0.4, -0.2) is 40.6 Å². The van der Waals surface area contributed by atoms with E-state index < -0.39 is 11.5 Å². The van der Waals surface area contributed by atoms with Crippen LogP contribution in [-0.2, 0) is 4.79 Å². The van der Waals surface area contributed by atoms with Gasteiger partial charge in [-0.1, -0.05) is 0 Å². The summed E-state index contributed by atoms with van der Waals surface area (Å²) in [7, 11) is 1.73. The van der Waals surface area contributed by atoms with Crippen molar-refractivity contribution in [2.24, 2.45) is 0 Å². The Kier molecular flexibility index (Phi) is 2.32. The molecule has 2 aliphatic rings. The second-order valence-electron chi connectivity index (χ2n) is 4.51. The first-order valence-electron chi connectivity index (χ1n) is 5.33. The lowest BCUT2D eigenvalue weighted by atomic mass is 9.92. The van der Waals surface area contributed by atoms with Crippen molar-refractivity contribution < 1.29 is 14.7 Å². The van der Waals surface area contributed by atoms with Gasteiger partial charge in [0.05, 0.1) is 0 Å². The number of urea groups is 1. The largest absolute Gasteiger partial charge is 0.480 e. The molecule has 0 spiro atoms. The van der Waals surface area contributed by atoms with E-state index in [0.717, 1.165) is 19.3 Å². The molecule has 2 aliphatic carbocycles. The maximum atomic E-state index is 11.7. The van der Waals surface area contributed by atoms with Gasteiger partial charge in [-0.15, -0.1) is 0 Å². The topological polar surface area (TPSA) is 69.6 Å². The summed E-state index contributed by atoms with van der Waals surface area (Å²) < 4.78 is 0. The van der Waals surface area contributed by atoms with Crippen molar-refractivity contribution in [1.29, 1.82) is 0 Å². The Morgan fingerprint density at radius 1 is 1.40 bits per heavy atom. The molecule has 2 rings (SSSR count). The van der Waals surface area contributed by atoms with E-state index in [1.165, 1.54) is 0 Å². The summed E-state index contributed by atoms with van der Waals surface area (Å²) >= 11 is 0. The molecule has 0 aromatic heterocycles. The molecule has 2 fully saturated rings. The maximum absolute atomic E-state index is 11.7. The van der Waals surface area contributed by atoms with Crippen molar-refractivity contribution in [2.75, 3.05) is 7.05 Å². The van der Waals surface area contributed by atoms with Crippen LogP contribution in [0.1, 0.15) is 32.1 Å². The van der Waals surface area contributed by atoms with Crippen LogP contribution in [0.15, 0.2) is 0 Å². The van der Waals surface area contributed by atoms with Gasteiger partial charge in [0.1, 0.15) is 5.54 Å². The van der Waals surface area contributed by atoms with E-state index in [2.05, 4.69) is 5.32 Å². The summed E-state index contributed by atoms with van der Waals surface area (Å²) in [6, 6.07) is 0.0502. The van der Waals surface area contributed by atoms with Gasteiger partial charge in [-0.3, -0.25) is 0 Å². The lowest BCUT2D eigenvalue weighted by molar-refractivity contribution is -0.140. The number of carbonyl (C=O) groups excluding carboxylic acids is 1. The molecule has 2 amide bonds. The standard InChI is InChI=1S/C10H16N2O3/c1-12(7-3-2-4-7)9(15)11-10(5-6-10)8(13)14/h7H,2-6H2,1H3,(H,11,15)(H,13,14). The Hall–Kier alpha value is -1.26. The summed E-state index contributed by atoms with van der Waals surface area (Å²) in [6.07, 6.45) is 4.32. The van der Waals surface area contributed by atoms with Gasteiger partial charge in [0, 0.05) is 13.1 Å². The number of carboxylic acid groups (broad SMARTS) is 1. The van der Waals surface area contributed by atoms with Gasteiger partial charge < -0.3 is 15.3 Å². The highest BCUT2D eigenvalue weighted by Gasteiger charge is 2.52. The van der Waals surface area contributed by atoms with Gasteiger partial charge in [-0.2, -0.15) is 0 Å². The van der Waals surface area contributed by atoms with Crippen LogP contribution >= 0.6 is 0 Å². The smallest absolute Gasteiger partial charge is 0.329 e. The Balaban J connectivity index is 1.89. The summed E-state index contributed by atoms with van der Waals surface area (Å²) in [5.74, 6) is -0.919. The summed E-state index contributed by atoms with van der Waals surface area (Å²) in [5, 5.41) is 11.5. The molecule has 5 nitrogen and oxygen atoms in total. The fraction of sp³-hybridized carbons (Fsp3) is 0.800. The van der Waals surface area contributed by atoms with E-state index in [-0.39, 0.29) is 6.03 Å². The van der Waals surface area contributed by atoms with Crippen molar-refractivity contribution in [2.45, 2.75) is 43.7 Å². The molecule has 0 atom stereocenters. The molecule has 84 valence electrons. The number of carbonyl (C=O) groups is 2. The Morgan fingerprint density at radius 3 is 2.33 bits per heavy atom. The zero-order valence-corrected chi connectivity index (χ0v) is 8.82. The highest BCUT2D eigenvalue weighted by molar-refractivity contribution is 5.89. The predicted molar refractivity (Wildman–Crippen MR) is 53.5 cm³/mol. The van der Waals surface area contributed by atoms with Crippen LogP contribution in [0.3, 0.4) is 0 Å². The van der Waals surface area contributed by atoms with Gasteiger partial charge in [0.25, 0.3) is 0 Å². The molecule has 0 aliphatic heterocycles. The van der Waals surface area contributed by atoms with Crippen LogP contribution in [0.5, 0.6) is 0 Å². The molecule has 0 heterocycles. The van der Waals surface area contributed by atoms with Crippen molar-refractivity contribution in [1.82, 2.24) is 10.2 Å². The van der Waals surface area contributed by atoms with Gasteiger partial charge in [-0.25, -0.2) is 9.59 Å². The number of rotatable bonds is 3. The predicted octanol–water partition coefficient (Wildman–Crippen LogP) is 0.797. The third kappa shape index (κ3) is 1.78. The number of hydrogen-bond donors (Lipinski definition) is 2. The number of amides is 2. The summed E-state index contributed by atoms with van der Waals surface area (Å²) in [6.45, 7) is 0. The fourth-order valence-corrected chi connectivity index (χ4v) is 1.75. The third-order valence-corrected chi connectivity index (χ3v) is 3.45. The molecule has 0 aromatic rings. The first kappa shape index (κ1) is 10.3. The zero-order chi connectivity index (χ0) is 11.1. The van der Waals surface area contributed by atoms with Crippen LogP contribution in [0.4, 0.5) is 4.79 Å². The lowest BCUT2D eigenvalue weighted by Crippen LogP contribution is -2.52. The molecule has 2 saturated carbocycles. The van der Waals surface area contributed by atoms with Crippen molar-refractivity contribution >= 4 is 12.0 Å². The molecule has 0 radical (unpaired) electrons. The molecule has 2 N–H and O–H groups in total. The van der Waals surface area contributed by atoms with Crippen LogP contribution in [0, 0.1) is 0 Å². The van der Waals surface area contributed by atoms with E-state index in [9.17, 15) is 9.59 Å². The SMILES string of the molecule is CN(C(=O)NC1(C(=O)O)CC1)C1CCC1. The number of hydrogen-bond acceptors (Lipinski definition) is 2. The normalized spacial score (nSPS) is 22.7. The van der Waals surface area contributed by atoms with E-state index in [0.29, 0.717) is 18.9 Å². The number of nitrogens with one attached hydrogen (secondary N) is 1. The fourth-order valence-electron chi connectivity index (χ4n) is 1.75. The van der Waals surface area contributed by atoms with E-state index in [4.69, 9.17) is 5.11 Å². The van der Waals surface area contributed by atoms with Crippen molar-refractivity contribution in [3.63, 3.8) is 0 Å². The molecule has 15 heavy (non-hydrogen) atoms. The highest BCUT2D eigenvalue weighted by Crippen LogP contribution is 2.36. The Labute approximate surface area is 88.4 Å². The van der Waals surface area contributed by atoms with Gasteiger partial charge in [-0.05, 0) is 32.1 Å². The summed E-state index contributed by atoms with van der Waals surface area (Å²) in [4.78, 5) is 24.2. The van der Waals surface area contributed by atoms with Crippen molar-refractivity contribution in [3.05, 3.63) is 0 Å². The van der Waals surface area contributed by atoms with E-state index in [1.807, 2.05) is 0 Å². The maximum Gasteiger partial charge on any atom is 0.329 e. The summed E-state index contributed by atoms with van der Waals surface area (Å²) in [5.41, 5.74) is -0.963. The third-order valence-electron chi connectivity index (χ3n) is 3.45. The number of nitrogens with zero attached hydrogens (tertiary/aromatic N) is 1. The quantitative estimate of drug-likeness (QED) is 0.727. The zero-order valence-electron chi connectivity index (χ0n) is 8.82. The van der Waals surface area contributed by atoms with Crippen LogP contribution in [0.25, 0.3) is 0 Å². The number of aliphatic carboxylic acids is 1. The monoisotopic (exact) mass is 212 g/mol. The molecular formula is C10H16N2O3. The minimum atomic E-state index is -0.963. The van der Waals surface area contributed by atoms with E-state index >= 15 is 0 Å². The average Bonchev–Trinajstić information content (AvgIpc) is 2.82. The molecule has 0 saturated heterocycles. The van der Waals surface area contributed by atoms with Crippen molar-refractivity contribution in [3.8, 4) is 0 Å². The van der Waals surface area contributed by atoms with Crippen LogP contribution in [0.2, 0.25) is 0 Å². The second kappa shape index (κ2) is 3.40. The minimum Gasteiger partial charge on any atom is -0.480 e. The lowest BCUT2D eigenvalue weighted by Gasteiger charge is -2.35. The first-order valence-corrected chi connectivity index (χ1v) is 5.33. The highest BCUT2D eigenvalue weighted by atomic mass is 16.4. The Bertz CT molecular complexity index is 295. The van der Waals surface area contributed by atoms with Gasteiger partial charge >= 0.3 is 12.0 Å². The molecule has 0 aromatic carbocycles.